The van der Waals surface area contributed by atoms with Crippen LogP contribution in [0.3, 0.4) is 0 Å². The third kappa shape index (κ3) is 2.79. The first kappa shape index (κ1) is 14.1. The van der Waals surface area contributed by atoms with E-state index in [4.69, 9.17) is 4.74 Å². The van der Waals surface area contributed by atoms with Crippen molar-refractivity contribution in [3.8, 4) is 5.75 Å². The maximum Gasteiger partial charge on any atom is 0.134 e. The van der Waals surface area contributed by atoms with Crippen molar-refractivity contribution in [2.45, 2.75) is 6.04 Å². The van der Waals surface area contributed by atoms with Crippen LogP contribution < -0.4 is 10.1 Å². The molecule has 2 nitrogen and oxygen atoms in total. The van der Waals surface area contributed by atoms with Crippen LogP contribution in [-0.2, 0) is 0 Å². The van der Waals surface area contributed by atoms with Crippen LogP contribution in [0.1, 0.15) is 16.5 Å². The second kappa shape index (κ2) is 6.19. The predicted molar refractivity (Wildman–Crippen MR) is 83.6 cm³/mol. The second-order valence-corrected chi connectivity index (χ2v) is 6.46. The number of rotatable bonds is 4. The van der Waals surface area contributed by atoms with Crippen molar-refractivity contribution in [1.82, 2.24) is 5.32 Å². The van der Waals surface area contributed by atoms with Gasteiger partial charge in [0.25, 0.3) is 0 Å². The van der Waals surface area contributed by atoms with E-state index in [1.807, 2.05) is 30.6 Å². The summed E-state index contributed by atoms with van der Waals surface area (Å²) in [6.07, 6.45) is 0. The Morgan fingerprint density at radius 1 is 1.28 bits per heavy atom. The highest BCUT2D eigenvalue weighted by atomic mass is 79.9. The highest BCUT2D eigenvalue weighted by Crippen LogP contribution is 2.38. The van der Waals surface area contributed by atoms with Crippen molar-refractivity contribution in [3.63, 3.8) is 0 Å². The molecule has 0 aliphatic carbocycles. The molecule has 1 atom stereocenters. The van der Waals surface area contributed by atoms with Gasteiger partial charge in [0, 0.05) is 8.95 Å². The largest absolute Gasteiger partial charge is 0.496 e. The summed E-state index contributed by atoms with van der Waals surface area (Å²) in [5, 5.41) is 5.39. The Morgan fingerprint density at radius 2 is 2.06 bits per heavy atom. The fraction of sp³-hybridized carbons (Fsp3) is 0.231. The third-order valence-electron chi connectivity index (χ3n) is 2.70. The first-order valence-corrected chi connectivity index (χ1v) is 7.87. The zero-order chi connectivity index (χ0) is 13.1. The molecule has 1 aromatic carbocycles. The van der Waals surface area contributed by atoms with E-state index in [-0.39, 0.29) is 6.04 Å². The number of benzene rings is 1. The molecule has 0 saturated heterocycles. The number of thiophene rings is 1. The number of methoxy groups -OCH3 is 1. The molecule has 1 unspecified atom stereocenters. The summed E-state index contributed by atoms with van der Waals surface area (Å²) in [7, 11) is 3.66. The first-order valence-electron chi connectivity index (χ1n) is 5.41. The van der Waals surface area contributed by atoms with Crippen LogP contribution in [0.4, 0.5) is 0 Å². The van der Waals surface area contributed by atoms with Crippen molar-refractivity contribution < 1.29 is 4.74 Å². The van der Waals surface area contributed by atoms with Crippen molar-refractivity contribution >= 4 is 43.2 Å². The van der Waals surface area contributed by atoms with Crippen LogP contribution in [0.2, 0.25) is 0 Å². The third-order valence-corrected chi connectivity index (χ3v) is 4.88. The molecule has 0 aliphatic rings. The fourth-order valence-corrected chi connectivity index (χ4v) is 3.69. The fourth-order valence-electron chi connectivity index (χ4n) is 1.85. The average Bonchev–Trinajstić information content (AvgIpc) is 2.83. The van der Waals surface area contributed by atoms with Gasteiger partial charge < -0.3 is 10.1 Å². The Hall–Kier alpha value is -0.360. The zero-order valence-electron chi connectivity index (χ0n) is 10.0. The van der Waals surface area contributed by atoms with Gasteiger partial charge in [-0.2, -0.15) is 0 Å². The van der Waals surface area contributed by atoms with E-state index in [9.17, 15) is 0 Å². The molecule has 18 heavy (non-hydrogen) atoms. The summed E-state index contributed by atoms with van der Waals surface area (Å²) in [6.45, 7) is 0. The molecule has 0 amide bonds. The first-order chi connectivity index (χ1) is 8.67. The minimum atomic E-state index is 0.117. The highest BCUT2D eigenvalue weighted by molar-refractivity contribution is 9.11. The maximum absolute atomic E-state index is 5.40. The summed E-state index contributed by atoms with van der Waals surface area (Å²) < 4.78 is 7.55. The van der Waals surface area contributed by atoms with Crippen LogP contribution in [0.25, 0.3) is 0 Å². The number of hydrogen-bond acceptors (Lipinski definition) is 3. The number of hydrogen-bond donors (Lipinski definition) is 1. The molecule has 96 valence electrons. The summed E-state index contributed by atoms with van der Waals surface area (Å²) in [6, 6.07) is 8.29. The highest BCUT2D eigenvalue weighted by Gasteiger charge is 2.20. The molecule has 0 bridgehead atoms. The van der Waals surface area contributed by atoms with Gasteiger partial charge >= 0.3 is 0 Å². The standard InChI is InChI=1S/C13H13Br2NOS/c1-16-12(13-11(17-2)5-6-18-13)9-7-8(14)3-4-10(9)15/h3-7,12,16H,1-2H3. The van der Waals surface area contributed by atoms with E-state index in [1.165, 1.54) is 10.4 Å². The maximum atomic E-state index is 5.40. The lowest BCUT2D eigenvalue weighted by Crippen LogP contribution is -2.17. The summed E-state index contributed by atoms with van der Waals surface area (Å²) >= 11 is 8.82. The van der Waals surface area contributed by atoms with Gasteiger partial charge in [0.2, 0.25) is 0 Å². The molecule has 1 aromatic heterocycles. The summed E-state index contributed by atoms with van der Waals surface area (Å²) in [4.78, 5) is 1.18. The van der Waals surface area contributed by atoms with Gasteiger partial charge in [-0.3, -0.25) is 0 Å². The lowest BCUT2D eigenvalue weighted by Gasteiger charge is -2.18. The van der Waals surface area contributed by atoms with Crippen LogP contribution in [0, 0.1) is 0 Å². The molecule has 0 radical (unpaired) electrons. The van der Waals surface area contributed by atoms with Gasteiger partial charge in [-0.1, -0.05) is 31.9 Å². The molecule has 0 fully saturated rings. The van der Waals surface area contributed by atoms with Crippen molar-refractivity contribution in [3.05, 3.63) is 49.0 Å². The Bertz CT molecular complexity index is 542. The smallest absolute Gasteiger partial charge is 0.134 e. The van der Waals surface area contributed by atoms with E-state index in [0.29, 0.717) is 0 Å². The Kier molecular flexibility index (Phi) is 4.84. The Balaban J connectivity index is 2.48. The molecule has 0 spiro atoms. The number of nitrogens with one attached hydrogen (secondary N) is 1. The Labute approximate surface area is 128 Å². The van der Waals surface area contributed by atoms with Gasteiger partial charge in [-0.15, -0.1) is 11.3 Å². The molecular weight excluding hydrogens is 378 g/mol. The van der Waals surface area contributed by atoms with Gasteiger partial charge in [-0.25, -0.2) is 0 Å². The second-order valence-electron chi connectivity index (χ2n) is 3.74. The SMILES string of the molecule is CNC(c1cc(Br)ccc1Br)c1sccc1OC. The van der Waals surface area contributed by atoms with Gasteiger partial charge in [-0.05, 0) is 42.3 Å². The van der Waals surface area contributed by atoms with E-state index < -0.39 is 0 Å². The lowest BCUT2D eigenvalue weighted by atomic mass is 10.1. The van der Waals surface area contributed by atoms with Crippen molar-refractivity contribution in [2.75, 3.05) is 14.2 Å². The van der Waals surface area contributed by atoms with Crippen molar-refractivity contribution in [2.24, 2.45) is 0 Å². The predicted octanol–water partition coefficient (Wildman–Crippen LogP) is 4.59. The Morgan fingerprint density at radius 3 is 2.72 bits per heavy atom. The van der Waals surface area contributed by atoms with Gasteiger partial charge in [0.15, 0.2) is 0 Å². The normalized spacial score (nSPS) is 12.4. The summed E-state index contributed by atoms with van der Waals surface area (Å²) in [5.41, 5.74) is 1.19. The minimum absolute atomic E-state index is 0.117. The molecule has 1 heterocycles. The van der Waals surface area contributed by atoms with Crippen LogP contribution in [-0.4, -0.2) is 14.2 Å². The monoisotopic (exact) mass is 389 g/mol. The average molecular weight is 391 g/mol. The molecule has 0 saturated carbocycles. The topological polar surface area (TPSA) is 21.3 Å². The van der Waals surface area contributed by atoms with Crippen molar-refractivity contribution in [1.29, 1.82) is 0 Å². The molecule has 1 N–H and O–H groups in total. The van der Waals surface area contributed by atoms with Crippen LogP contribution >= 0.6 is 43.2 Å². The minimum Gasteiger partial charge on any atom is -0.496 e. The lowest BCUT2D eigenvalue weighted by molar-refractivity contribution is 0.408. The van der Waals surface area contributed by atoms with Crippen LogP contribution in [0.5, 0.6) is 5.75 Å². The van der Waals surface area contributed by atoms with E-state index in [2.05, 4.69) is 43.2 Å². The van der Waals surface area contributed by atoms with Gasteiger partial charge in [0.05, 0.1) is 18.0 Å². The number of ether oxygens (including phenoxy) is 1. The molecule has 2 aromatic rings. The van der Waals surface area contributed by atoms with E-state index in [1.54, 1.807) is 18.4 Å². The molecular formula is C13H13Br2NOS. The number of halogens is 2. The molecule has 2 rings (SSSR count). The van der Waals surface area contributed by atoms with E-state index in [0.717, 1.165) is 14.7 Å². The van der Waals surface area contributed by atoms with E-state index >= 15 is 0 Å². The zero-order valence-corrected chi connectivity index (χ0v) is 14.0. The van der Waals surface area contributed by atoms with Crippen LogP contribution in [0.15, 0.2) is 38.6 Å². The molecule has 0 aliphatic heterocycles. The molecule has 5 heteroatoms. The van der Waals surface area contributed by atoms with Gasteiger partial charge in [0.1, 0.15) is 5.75 Å². The quantitative estimate of drug-likeness (QED) is 0.824. The summed E-state index contributed by atoms with van der Waals surface area (Å²) in [5.74, 6) is 0.922.